The highest BCUT2D eigenvalue weighted by Crippen LogP contribution is 2.33. The summed E-state index contributed by atoms with van der Waals surface area (Å²) < 4.78 is 65.8. The van der Waals surface area contributed by atoms with E-state index >= 15 is 0 Å². The van der Waals surface area contributed by atoms with Gasteiger partial charge in [-0.3, -0.25) is 4.79 Å². The van der Waals surface area contributed by atoms with Gasteiger partial charge in [0.1, 0.15) is 11.6 Å². The van der Waals surface area contributed by atoms with Gasteiger partial charge in [-0.15, -0.1) is 0 Å². The second-order valence-electron chi connectivity index (χ2n) is 7.17. The average Bonchev–Trinajstić information content (AvgIpc) is 3.18. The van der Waals surface area contributed by atoms with E-state index in [1.54, 1.807) is 0 Å². The van der Waals surface area contributed by atoms with Crippen molar-refractivity contribution in [1.29, 1.82) is 0 Å². The monoisotopic (exact) mass is 454 g/mol. The van der Waals surface area contributed by atoms with Crippen molar-refractivity contribution in [2.45, 2.75) is 25.6 Å². The third-order valence-electron chi connectivity index (χ3n) is 5.14. The van der Waals surface area contributed by atoms with Gasteiger partial charge in [0.2, 0.25) is 10.0 Å². The SMILES string of the molecule is C=C/C(=C\C(C(=O)Nc1ccc(F)cc1)=C(/C)F)S(=O)(=O)N1CCC2(CC1)OCCO2. The molecule has 31 heavy (non-hydrogen) atoms. The van der Waals surface area contributed by atoms with Crippen LogP contribution in [0.15, 0.2) is 59.3 Å². The number of carbonyl (C=O) groups excluding carboxylic acids is 1. The summed E-state index contributed by atoms with van der Waals surface area (Å²) in [5.41, 5.74) is -0.238. The van der Waals surface area contributed by atoms with Crippen molar-refractivity contribution in [3.63, 3.8) is 0 Å². The zero-order valence-corrected chi connectivity index (χ0v) is 17.9. The van der Waals surface area contributed by atoms with Crippen LogP contribution in [0.4, 0.5) is 14.5 Å². The molecule has 0 atom stereocenters. The lowest BCUT2D eigenvalue weighted by Crippen LogP contribution is -2.47. The number of halogens is 2. The minimum Gasteiger partial charge on any atom is -0.347 e. The van der Waals surface area contributed by atoms with Gasteiger partial charge < -0.3 is 14.8 Å². The molecule has 0 aliphatic carbocycles. The molecule has 2 aliphatic rings. The first-order chi connectivity index (χ1) is 14.7. The number of piperidine rings is 1. The summed E-state index contributed by atoms with van der Waals surface area (Å²) in [5.74, 6) is -2.99. The van der Waals surface area contributed by atoms with Crippen molar-refractivity contribution in [2.24, 2.45) is 0 Å². The maximum Gasteiger partial charge on any atom is 0.258 e. The fraction of sp³-hybridized carbons (Fsp3) is 0.381. The number of sulfonamides is 1. The van der Waals surface area contributed by atoms with Gasteiger partial charge >= 0.3 is 0 Å². The highest BCUT2D eigenvalue weighted by Gasteiger charge is 2.42. The van der Waals surface area contributed by atoms with Crippen LogP contribution in [0.5, 0.6) is 0 Å². The van der Waals surface area contributed by atoms with Gasteiger partial charge in [0.05, 0.1) is 23.7 Å². The first-order valence-electron chi connectivity index (χ1n) is 9.72. The number of rotatable bonds is 6. The van der Waals surface area contributed by atoms with Crippen molar-refractivity contribution in [3.05, 3.63) is 65.1 Å². The van der Waals surface area contributed by atoms with E-state index in [9.17, 15) is 22.0 Å². The molecule has 0 radical (unpaired) electrons. The molecule has 2 heterocycles. The number of anilines is 1. The van der Waals surface area contributed by atoms with Crippen LogP contribution in [0.25, 0.3) is 0 Å². The molecular formula is C21H24F2N2O5S. The predicted molar refractivity (Wildman–Crippen MR) is 111 cm³/mol. The average molecular weight is 454 g/mol. The summed E-state index contributed by atoms with van der Waals surface area (Å²) in [7, 11) is -4.03. The van der Waals surface area contributed by atoms with Crippen LogP contribution in [0, 0.1) is 5.82 Å². The maximum absolute atomic E-state index is 14.1. The Kier molecular flexibility index (Phi) is 7.05. The first kappa shape index (κ1) is 23.3. The quantitative estimate of drug-likeness (QED) is 0.527. The zero-order chi connectivity index (χ0) is 22.6. The third-order valence-corrected chi connectivity index (χ3v) is 7.07. The fourth-order valence-corrected chi connectivity index (χ4v) is 4.87. The Bertz CT molecular complexity index is 999. The number of hydrogen-bond donors (Lipinski definition) is 1. The number of benzene rings is 1. The highest BCUT2D eigenvalue weighted by atomic mass is 32.2. The summed E-state index contributed by atoms with van der Waals surface area (Å²) in [5, 5.41) is 2.42. The van der Waals surface area contributed by atoms with E-state index in [1.165, 1.54) is 16.4 Å². The number of allylic oxidation sites excluding steroid dienone is 2. The molecule has 2 saturated heterocycles. The van der Waals surface area contributed by atoms with E-state index in [2.05, 4.69) is 11.9 Å². The first-order valence-corrected chi connectivity index (χ1v) is 11.2. The van der Waals surface area contributed by atoms with Crippen LogP contribution in [-0.4, -0.2) is 50.7 Å². The lowest BCUT2D eigenvalue weighted by Gasteiger charge is -2.36. The van der Waals surface area contributed by atoms with Gasteiger partial charge in [-0.25, -0.2) is 17.2 Å². The molecule has 1 aromatic carbocycles. The summed E-state index contributed by atoms with van der Waals surface area (Å²) in [6.07, 6.45) is 2.75. The van der Waals surface area contributed by atoms with Crippen molar-refractivity contribution in [2.75, 3.05) is 31.6 Å². The van der Waals surface area contributed by atoms with E-state index in [1.807, 2.05) is 0 Å². The highest BCUT2D eigenvalue weighted by molar-refractivity contribution is 7.93. The van der Waals surface area contributed by atoms with Crippen molar-refractivity contribution in [3.8, 4) is 0 Å². The molecule has 1 spiro atoms. The number of nitrogens with one attached hydrogen (secondary N) is 1. The molecule has 1 amide bonds. The Morgan fingerprint density at radius 1 is 1.19 bits per heavy atom. The molecule has 0 saturated carbocycles. The molecule has 0 aromatic heterocycles. The van der Waals surface area contributed by atoms with E-state index in [0.717, 1.165) is 31.2 Å². The lowest BCUT2D eigenvalue weighted by atomic mass is 10.1. The normalized spacial score (nSPS) is 20.4. The maximum atomic E-state index is 14.1. The van der Waals surface area contributed by atoms with E-state index in [4.69, 9.17) is 9.47 Å². The molecule has 0 unspecified atom stereocenters. The summed E-state index contributed by atoms with van der Waals surface area (Å²) >= 11 is 0. The standard InChI is InChI=1S/C21H24F2N2O5S/c1-3-18(31(27,28)25-10-8-21(9-11-25)29-12-13-30-21)14-19(15(2)22)20(26)24-17-6-4-16(23)5-7-17/h3-7,14H,1,8-13H2,2H3,(H,24,26)/b18-14+,19-15-. The zero-order valence-electron chi connectivity index (χ0n) is 17.1. The molecule has 7 nitrogen and oxygen atoms in total. The Hall–Kier alpha value is -2.40. The molecule has 3 rings (SSSR count). The van der Waals surface area contributed by atoms with Crippen LogP contribution in [0.1, 0.15) is 19.8 Å². The molecular weight excluding hydrogens is 430 g/mol. The number of ether oxygens (including phenoxy) is 2. The molecule has 1 N–H and O–H groups in total. The predicted octanol–water partition coefficient (Wildman–Crippen LogP) is 3.25. The van der Waals surface area contributed by atoms with Crippen molar-refractivity contribution < 1.29 is 31.5 Å². The molecule has 10 heteroatoms. The van der Waals surface area contributed by atoms with Gasteiger partial charge in [0.25, 0.3) is 5.91 Å². The van der Waals surface area contributed by atoms with E-state index in [0.29, 0.717) is 26.1 Å². The Labute approximate surface area is 180 Å². The molecule has 2 aliphatic heterocycles. The number of hydrogen-bond acceptors (Lipinski definition) is 5. The topological polar surface area (TPSA) is 84.9 Å². The summed E-state index contributed by atoms with van der Waals surface area (Å²) in [6, 6.07) is 4.89. The van der Waals surface area contributed by atoms with Crippen molar-refractivity contribution >= 4 is 21.6 Å². The van der Waals surface area contributed by atoms with Gasteiger partial charge in [0, 0.05) is 31.6 Å². The minimum absolute atomic E-state index is 0.156. The van der Waals surface area contributed by atoms with Crippen LogP contribution in [0.3, 0.4) is 0 Å². The van der Waals surface area contributed by atoms with Gasteiger partial charge in [-0.05, 0) is 43.3 Å². The number of carbonyl (C=O) groups is 1. The van der Waals surface area contributed by atoms with Crippen LogP contribution in [-0.2, 0) is 24.3 Å². The molecule has 2 fully saturated rings. The number of nitrogens with zero attached hydrogens (tertiary/aromatic N) is 1. The summed E-state index contributed by atoms with van der Waals surface area (Å²) in [4.78, 5) is 12.2. The smallest absolute Gasteiger partial charge is 0.258 e. The Balaban J connectivity index is 1.79. The second-order valence-corrected chi connectivity index (χ2v) is 9.11. The fourth-order valence-electron chi connectivity index (χ4n) is 3.44. The van der Waals surface area contributed by atoms with Gasteiger partial charge in [-0.2, -0.15) is 4.31 Å². The minimum atomic E-state index is -4.03. The van der Waals surface area contributed by atoms with E-state index in [-0.39, 0.29) is 23.7 Å². The van der Waals surface area contributed by atoms with Gasteiger partial charge in [0.15, 0.2) is 5.79 Å². The number of amides is 1. The van der Waals surface area contributed by atoms with Crippen LogP contribution >= 0.6 is 0 Å². The van der Waals surface area contributed by atoms with Crippen LogP contribution < -0.4 is 5.32 Å². The van der Waals surface area contributed by atoms with Gasteiger partial charge in [-0.1, -0.05) is 6.58 Å². The van der Waals surface area contributed by atoms with E-state index < -0.39 is 38.9 Å². The van der Waals surface area contributed by atoms with Crippen molar-refractivity contribution in [1.82, 2.24) is 4.31 Å². The summed E-state index contributed by atoms with van der Waals surface area (Å²) in [6.45, 7) is 5.81. The lowest BCUT2D eigenvalue weighted by molar-refractivity contribution is -0.179. The third kappa shape index (κ3) is 5.27. The molecule has 0 bridgehead atoms. The molecule has 1 aromatic rings. The molecule has 168 valence electrons. The van der Waals surface area contributed by atoms with Crippen LogP contribution in [0.2, 0.25) is 0 Å². The Morgan fingerprint density at radius 2 is 1.77 bits per heavy atom. The largest absolute Gasteiger partial charge is 0.347 e. The Morgan fingerprint density at radius 3 is 2.29 bits per heavy atom. The second kappa shape index (κ2) is 9.39.